The smallest absolute Gasteiger partial charge is 0.289 e. The molecule has 0 aliphatic rings. The van der Waals surface area contributed by atoms with Gasteiger partial charge in [0.15, 0.2) is 0 Å². The van der Waals surface area contributed by atoms with Crippen LogP contribution in [0.3, 0.4) is 0 Å². The molecule has 0 amide bonds. The summed E-state index contributed by atoms with van der Waals surface area (Å²) in [5.74, 6) is -1.79. The lowest BCUT2D eigenvalue weighted by atomic mass is 10.0. The molecule has 4 nitrogen and oxygen atoms in total. The maximum Gasteiger partial charge on any atom is 0.450 e. The van der Waals surface area contributed by atoms with Crippen molar-refractivity contribution in [2.45, 2.75) is 19.0 Å². The third kappa shape index (κ3) is 5.15. The lowest BCUT2D eigenvalue weighted by molar-refractivity contribution is -0.170. The van der Waals surface area contributed by atoms with E-state index in [1.165, 1.54) is 6.07 Å². The van der Waals surface area contributed by atoms with E-state index >= 15 is 0 Å². The van der Waals surface area contributed by atoms with Gasteiger partial charge in [0, 0.05) is 19.0 Å². The summed E-state index contributed by atoms with van der Waals surface area (Å²) in [6, 6.07) is 17.0. The lowest BCUT2D eigenvalue weighted by Gasteiger charge is -2.10. The van der Waals surface area contributed by atoms with E-state index in [0.29, 0.717) is 33.4 Å². The molecule has 1 aromatic heterocycles. The number of ketones is 1. The number of carbonyl (C=O) groups excluding carboxylic acids is 1. The molecule has 0 aliphatic heterocycles. The second kappa shape index (κ2) is 8.37. The zero-order valence-electron chi connectivity index (χ0n) is 15.0. The van der Waals surface area contributed by atoms with E-state index in [1.807, 2.05) is 0 Å². The second-order valence-electron chi connectivity index (χ2n) is 6.33. The van der Waals surface area contributed by atoms with Gasteiger partial charge in [0.1, 0.15) is 0 Å². The van der Waals surface area contributed by atoms with Gasteiger partial charge in [0.2, 0.25) is 5.78 Å². The van der Waals surface area contributed by atoms with Crippen molar-refractivity contribution < 1.29 is 18.0 Å². The maximum atomic E-state index is 12.5. The summed E-state index contributed by atoms with van der Waals surface area (Å²) in [4.78, 5) is 11.2. The Morgan fingerprint density at radius 2 is 1.83 bits per heavy atom. The van der Waals surface area contributed by atoms with E-state index in [2.05, 4.69) is 11.2 Å². The van der Waals surface area contributed by atoms with Crippen molar-refractivity contribution in [2.24, 2.45) is 0 Å². The number of benzene rings is 2. The summed E-state index contributed by atoms with van der Waals surface area (Å²) in [5, 5.41) is 13.5. The van der Waals surface area contributed by atoms with Gasteiger partial charge in [-0.1, -0.05) is 42.5 Å². The Kier molecular flexibility index (Phi) is 5.89. The van der Waals surface area contributed by atoms with Crippen molar-refractivity contribution in [2.75, 3.05) is 0 Å². The van der Waals surface area contributed by atoms with Crippen LogP contribution >= 0.6 is 12.2 Å². The molecule has 0 spiro atoms. The van der Waals surface area contributed by atoms with Crippen LogP contribution in [0.4, 0.5) is 13.2 Å². The molecule has 0 saturated heterocycles. The molecule has 3 rings (SSSR count). The fraction of sp³-hybridized carbons (Fsp3) is 0.143. The van der Waals surface area contributed by atoms with Crippen molar-refractivity contribution in [3.05, 3.63) is 87.7 Å². The lowest BCUT2D eigenvalue weighted by Crippen LogP contribution is -2.24. The van der Waals surface area contributed by atoms with E-state index in [0.717, 1.165) is 0 Å². The number of Topliss-reactive ketones (excluding diaryl/α,β-unsaturated/α-hetero) is 1. The Labute approximate surface area is 169 Å². The Morgan fingerprint density at radius 1 is 1.10 bits per heavy atom. The molecule has 3 aromatic rings. The molecule has 2 aromatic carbocycles. The molecular weight excluding hydrogens is 399 g/mol. The zero-order chi connectivity index (χ0) is 21.0. The molecule has 0 aliphatic carbocycles. The predicted molar refractivity (Wildman–Crippen MR) is 103 cm³/mol. The van der Waals surface area contributed by atoms with Gasteiger partial charge < -0.3 is 0 Å². The Bertz CT molecular complexity index is 1160. The van der Waals surface area contributed by atoms with E-state index in [1.54, 1.807) is 59.4 Å². The van der Waals surface area contributed by atoms with Crippen molar-refractivity contribution in [1.82, 2.24) is 9.78 Å². The molecule has 8 heteroatoms. The van der Waals surface area contributed by atoms with Crippen LogP contribution in [0.15, 0.2) is 60.8 Å². The van der Waals surface area contributed by atoms with Gasteiger partial charge in [0.05, 0.1) is 27.5 Å². The third-order valence-electron chi connectivity index (χ3n) is 4.16. The highest BCUT2D eigenvalue weighted by molar-refractivity contribution is 7.71. The van der Waals surface area contributed by atoms with Gasteiger partial charge in [0.25, 0.3) is 0 Å². The summed E-state index contributed by atoms with van der Waals surface area (Å²) in [7, 11) is 0. The summed E-state index contributed by atoms with van der Waals surface area (Å²) < 4.78 is 39.6. The monoisotopic (exact) mass is 413 g/mol. The minimum absolute atomic E-state index is 0.279. The molecule has 29 heavy (non-hydrogen) atoms. The highest BCUT2D eigenvalue weighted by Crippen LogP contribution is 2.20. The highest BCUT2D eigenvalue weighted by atomic mass is 32.1. The molecule has 0 radical (unpaired) electrons. The fourth-order valence-electron chi connectivity index (χ4n) is 2.76. The summed E-state index contributed by atoms with van der Waals surface area (Å²) >= 11 is 5.33. The van der Waals surface area contributed by atoms with Crippen molar-refractivity contribution in [3.63, 3.8) is 0 Å². The molecule has 0 N–H and O–H groups in total. The first-order valence-electron chi connectivity index (χ1n) is 8.53. The minimum atomic E-state index is -4.85. The molecule has 0 atom stereocenters. The normalized spacial score (nSPS) is 11.1. The van der Waals surface area contributed by atoms with Gasteiger partial charge in [-0.2, -0.15) is 23.5 Å². The van der Waals surface area contributed by atoms with Gasteiger partial charge in [-0.25, -0.2) is 4.68 Å². The Balaban J connectivity index is 1.87. The van der Waals surface area contributed by atoms with E-state index in [4.69, 9.17) is 17.5 Å². The van der Waals surface area contributed by atoms with Crippen LogP contribution in [0.25, 0.3) is 5.69 Å². The number of nitrogens with zero attached hydrogens (tertiary/aromatic N) is 3. The van der Waals surface area contributed by atoms with Crippen molar-refractivity contribution >= 4 is 18.0 Å². The summed E-state index contributed by atoms with van der Waals surface area (Å²) in [5.41, 5.74) is 2.71. The van der Waals surface area contributed by atoms with Gasteiger partial charge in [-0.3, -0.25) is 4.79 Å². The van der Waals surface area contributed by atoms with Crippen LogP contribution in [0.2, 0.25) is 0 Å². The van der Waals surface area contributed by atoms with Crippen LogP contribution in [0.1, 0.15) is 22.4 Å². The standard InChI is InChI=1S/C21H14F3N3OS/c22-21(23,24)20(28)12-15-4-1-3-14(9-15)11-18-19(29)7-8-27(26-18)17-6-2-5-16(10-17)13-25/h1-10H,11-12H2. The number of nitriles is 1. The molecule has 0 fully saturated rings. The number of aromatic nitrogens is 2. The van der Waals surface area contributed by atoms with Gasteiger partial charge >= 0.3 is 6.18 Å². The Hall–Kier alpha value is -3.31. The van der Waals surface area contributed by atoms with Gasteiger partial charge in [-0.15, -0.1) is 0 Å². The van der Waals surface area contributed by atoms with E-state index < -0.39 is 18.4 Å². The minimum Gasteiger partial charge on any atom is -0.289 e. The average molecular weight is 413 g/mol. The predicted octanol–water partition coefficient (Wildman–Crippen LogP) is 4.74. The molecule has 0 unspecified atom stereocenters. The Morgan fingerprint density at radius 3 is 2.55 bits per heavy atom. The van der Waals surface area contributed by atoms with E-state index in [-0.39, 0.29) is 5.56 Å². The fourth-order valence-corrected chi connectivity index (χ4v) is 2.93. The zero-order valence-corrected chi connectivity index (χ0v) is 15.8. The van der Waals surface area contributed by atoms with Crippen molar-refractivity contribution in [3.8, 4) is 11.8 Å². The quantitative estimate of drug-likeness (QED) is 0.567. The van der Waals surface area contributed by atoms with Crippen LogP contribution in [0, 0.1) is 15.8 Å². The van der Waals surface area contributed by atoms with Crippen molar-refractivity contribution in [1.29, 1.82) is 5.26 Å². The van der Waals surface area contributed by atoms with Gasteiger partial charge in [-0.05, 0) is 35.4 Å². The first-order valence-corrected chi connectivity index (χ1v) is 8.94. The number of hydrogen-bond donors (Lipinski definition) is 0. The first-order chi connectivity index (χ1) is 13.8. The van der Waals surface area contributed by atoms with Crippen LogP contribution in [-0.2, 0) is 17.6 Å². The first kappa shape index (κ1) is 20.4. The van der Waals surface area contributed by atoms with Crippen LogP contribution < -0.4 is 0 Å². The molecular formula is C21H14F3N3OS. The summed E-state index contributed by atoms with van der Waals surface area (Å²) in [6.07, 6.45) is -3.58. The number of carbonyl (C=O) groups is 1. The SMILES string of the molecule is N#Cc1cccc(-n2ccc(=S)c(Cc3cccc(CC(=O)C(F)(F)F)c3)n2)c1. The van der Waals surface area contributed by atoms with E-state index in [9.17, 15) is 18.0 Å². The molecule has 0 bridgehead atoms. The topological polar surface area (TPSA) is 58.7 Å². The summed E-state index contributed by atoms with van der Waals surface area (Å²) in [6.45, 7) is 0. The van der Waals surface area contributed by atoms with Crippen LogP contribution in [0.5, 0.6) is 0 Å². The third-order valence-corrected chi connectivity index (χ3v) is 4.54. The largest absolute Gasteiger partial charge is 0.450 e. The maximum absolute atomic E-state index is 12.5. The highest BCUT2D eigenvalue weighted by Gasteiger charge is 2.37. The average Bonchev–Trinajstić information content (AvgIpc) is 2.69. The molecule has 146 valence electrons. The number of rotatable bonds is 5. The van der Waals surface area contributed by atoms with Crippen LogP contribution in [-0.4, -0.2) is 21.7 Å². The second-order valence-corrected chi connectivity index (χ2v) is 6.77. The molecule has 1 heterocycles. The number of alkyl halides is 3. The number of hydrogen-bond acceptors (Lipinski definition) is 4. The molecule has 0 saturated carbocycles. The number of halogens is 3.